The normalized spacial score (nSPS) is 32.5. The molecule has 0 bridgehead atoms. The van der Waals surface area contributed by atoms with Crippen molar-refractivity contribution >= 4 is 11.8 Å². The quantitative estimate of drug-likeness (QED) is 0.687. The number of Topliss-reactive ketones (excluding diaryl/α,β-unsaturated/α-hetero) is 1. The maximum Gasteiger partial charge on any atom is 0.308 e. The topological polar surface area (TPSA) is 63.6 Å². The molecule has 0 saturated carbocycles. The third-order valence-corrected chi connectivity index (χ3v) is 3.96. The maximum atomic E-state index is 11.8. The molecule has 1 aliphatic heterocycles. The lowest BCUT2D eigenvalue weighted by molar-refractivity contribution is -0.149. The van der Waals surface area contributed by atoms with Crippen LogP contribution in [0.3, 0.4) is 0 Å². The van der Waals surface area contributed by atoms with Crippen LogP contribution in [-0.4, -0.2) is 29.6 Å². The highest BCUT2D eigenvalue weighted by Gasteiger charge is 2.22. The summed E-state index contributed by atoms with van der Waals surface area (Å²) in [6.07, 6.45) is 4.96. The summed E-state index contributed by atoms with van der Waals surface area (Å²) < 4.78 is 5.14. The number of cyclic esters (lactones) is 1. The second-order valence-corrected chi connectivity index (χ2v) is 5.63. The Labute approximate surface area is 115 Å². The number of carbonyl (C=O) groups excluding carboxylic acids is 2. The monoisotopic (exact) mass is 270 g/mol. The highest BCUT2D eigenvalue weighted by atomic mass is 16.5. The minimum atomic E-state index is -0.710. The standard InChI is InChI=1S/C15H26O4/c1-11-7-5-3-4-6-8-13(16)12(2)14(17)9-10-19-15(11)18/h11-12,14,17H,3-10H2,1-2H3/t11-,12+,14+/m1/s1. The molecule has 1 N–H and O–H groups in total. The van der Waals surface area contributed by atoms with E-state index in [4.69, 9.17) is 4.74 Å². The summed E-state index contributed by atoms with van der Waals surface area (Å²) in [4.78, 5) is 23.5. The Kier molecular flexibility index (Phi) is 7.06. The number of hydrogen-bond donors (Lipinski definition) is 1. The van der Waals surface area contributed by atoms with Gasteiger partial charge >= 0.3 is 5.97 Å². The summed E-state index contributed by atoms with van der Waals surface area (Å²) >= 11 is 0. The van der Waals surface area contributed by atoms with E-state index in [1.54, 1.807) is 6.92 Å². The first kappa shape index (κ1) is 16.2. The average molecular weight is 270 g/mol. The molecule has 1 fully saturated rings. The van der Waals surface area contributed by atoms with Gasteiger partial charge in [-0.2, -0.15) is 0 Å². The van der Waals surface area contributed by atoms with Crippen LogP contribution >= 0.6 is 0 Å². The second-order valence-electron chi connectivity index (χ2n) is 5.63. The van der Waals surface area contributed by atoms with Gasteiger partial charge in [0.05, 0.1) is 18.6 Å². The summed E-state index contributed by atoms with van der Waals surface area (Å²) in [7, 11) is 0. The molecule has 1 heterocycles. The van der Waals surface area contributed by atoms with E-state index >= 15 is 0 Å². The molecule has 0 unspecified atom stereocenters. The van der Waals surface area contributed by atoms with Crippen molar-refractivity contribution in [1.82, 2.24) is 0 Å². The molecule has 0 aliphatic carbocycles. The van der Waals surface area contributed by atoms with Crippen molar-refractivity contribution in [3.8, 4) is 0 Å². The number of ketones is 1. The molecular weight excluding hydrogens is 244 g/mol. The van der Waals surface area contributed by atoms with Crippen LogP contribution in [0.4, 0.5) is 0 Å². The minimum Gasteiger partial charge on any atom is -0.465 e. The fourth-order valence-corrected chi connectivity index (χ4v) is 2.34. The molecule has 0 amide bonds. The second kappa shape index (κ2) is 8.31. The van der Waals surface area contributed by atoms with Gasteiger partial charge in [-0.05, 0) is 12.8 Å². The smallest absolute Gasteiger partial charge is 0.308 e. The summed E-state index contributed by atoms with van der Waals surface area (Å²) in [5.74, 6) is -0.509. The number of aliphatic hydroxyl groups is 1. The minimum absolute atomic E-state index is 0.0702. The van der Waals surface area contributed by atoms with Crippen LogP contribution in [0.1, 0.15) is 58.8 Å². The van der Waals surface area contributed by atoms with Crippen LogP contribution in [-0.2, 0) is 14.3 Å². The molecular formula is C15H26O4. The van der Waals surface area contributed by atoms with Gasteiger partial charge in [0.15, 0.2) is 0 Å². The highest BCUT2D eigenvalue weighted by molar-refractivity contribution is 5.81. The van der Waals surface area contributed by atoms with Crippen molar-refractivity contribution < 1.29 is 19.4 Å². The predicted octanol–water partition coefficient (Wildman–Crippen LogP) is 2.48. The maximum absolute atomic E-state index is 11.8. The van der Waals surface area contributed by atoms with Gasteiger partial charge in [0.1, 0.15) is 5.78 Å². The van der Waals surface area contributed by atoms with Crippen LogP contribution in [0.25, 0.3) is 0 Å². The summed E-state index contributed by atoms with van der Waals surface area (Å²) in [6.45, 7) is 3.84. The van der Waals surface area contributed by atoms with Crippen LogP contribution in [0, 0.1) is 11.8 Å². The Morgan fingerprint density at radius 3 is 2.47 bits per heavy atom. The average Bonchev–Trinajstić information content (AvgIpc) is 2.39. The van der Waals surface area contributed by atoms with Crippen molar-refractivity contribution in [2.24, 2.45) is 11.8 Å². The fourth-order valence-electron chi connectivity index (χ4n) is 2.34. The largest absolute Gasteiger partial charge is 0.465 e. The van der Waals surface area contributed by atoms with E-state index in [-0.39, 0.29) is 30.2 Å². The molecule has 0 aromatic rings. The molecule has 0 aromatic carbocycles. The van der Waals surface area contributed by atoms with Crippen molar-refractivity contribution in [3.05, 3.63) is 0 Å². The predicted molar refractivity (Wildman–Crippen MR) is 72.6 cm³/mol. The first-order valence-corrected chi connectivity index (χ1v) is 7.39. The lowest BCUT2D eigenvalue weighted by atomic mass is 9.93. The molecule has 4 heteroatoms. The van der Waals surface area contributed by atoms with Gasteiger partial charge in [-0.1, -0.05) is 33.1 Å². The molecule has 1 aliphatic rings. The van der Waals surface area contributed by atoms with Crippen LogP contribution in [0.2, 0.25) is 0 Å². The molecule has 1 rings (SSSR count). The van der Waals surface area contributed by atoms with Gasteiger partial charge in [-0.15, -0.1) is 0 Å². The first-order valence-electron chi connectivity index (χ1n) is 7.39. The number of aliphatic hydroxyl groups excluding tert-OH is 1. The molecule has 0 spiro atoms. The number of rotatable bonds is 0. The van der Waals surface area contributed by atoms with E-state index in [1.807, 2.05) is 6.92 Å². The van der Waals surface area contributed by atoms with Gasteiger partial charge in [0.2, 0.25) is 0 Å². The molecule has 1 saturated heterocycles. The zero-order valence-corrected chi connectivity index (χ0v) is 12.1. The van der Waals surface area contributed by atoms with Crippen molar-refractivity contribution in [1.29, 1.82) is 0 Å². The van der Waals surface area contributed by atoms with E-state index in [0.717, 1.165) is 32.1 Å². The number of ether oxygens (including phenoxy) is 1. The third kappa shape index (κ3) is 5.72. The molecule has 19 heavy (non-hydrogen) atoms. The Balaban J connectivity index is 2.53. The Hall–Kier alpha value is -0.900. The van der Waals surface area contributed by atoms with Gasteiger partial charge in [0, 0.05) is 18.8 Å². The van der Waals surface area contributed by atoms with Crippen molar-refractivity contribution in [2.75, 3.05) is 6.61 Å². The van der Waals surface area contributed by atoms with E-state index in [9.17, 15) is 14.7 Å². The van der Waals surface area contributed by atoms with Gasteiger partial charge in [0.25, 0.3) is 0 Å². The Morgan fingerprint density at radius 1 is 1.05 bits per heavy atom. The zero-order valence-electron chi connectivity index (χ0n) is 12.1. The Morgan fingerprint density at radius 2 is 1.74 bits per heavy atom. The summed E-state index contributed by atoms with van der Waals surface area (Å²) in [5, 5.41) is 9.90. The molecule has 0 radical (unpaired) electrons. The lowest BCUT2D eigenvalue weighted by Crippen LogP contribution is -2.28. The molecule has 4 nitrogen and oxygen atoms in total. The van der Waals surface area contributed by atoms with E-state index < -0.39 is 6.10 Å². The summed E-state index contributed by atoms with van der Waals surface area (Å²) in [6, 6.07) is 0. The number of hydrogen-bond acceptors (Lipinski definition) is 4. The Bertz CT molecular complexity index is 301. The molecule has 3 atom stereocenters. The third-order valence-electron chi connectivity index (χ3n) is 3.96. The van der Waals surface area contributed by atoms with Gasteiger partial charge in [-0.25, -0.2) is 0 Å². The lowest BCUT2D eigenvalue weighted by Gasteiger charge is -2.19. The van der Waals surface area contributed by atoms with Gasteiger partial charge < -0.3 is 9.84 Å². The van der Waals surface area contributed by atoms with Crippen LogP contribution in [0.5, 0.6) is 0 Å². The zero-order chi connectivity index (χ0) is 14.3. The number of esters is 1. The van der Waals surface area contributed by atoms with Crippen LogP contribution < -0.4 is 0 Å². The van der Waals surface area contributed by atoms with E-state index in [1.165, 1.54) is 0 Å². The fraction of sp³-hybridized carbons (Fsp3) is 0.867. The van der Waals surface area contributed by atoms with Gasteiger partial charge in [-0.3, -0.25) is 9.59 Å². The van der Waals surface area contributed by atoms with Crippen molar-refractivity contribution in [2.45, 2.75) is 64.9 Å². The summed E-state index contributed by atoms with van der Waals surface area (Å²) in [5.41, 5.74) is 0. The van der Waals surface area contributed by atoms with E-state index in [2.05, 4.69) is 0 Å². The molecule has 0 aromatic heterocycles. The van der Waals surface area contributed by atoms with E-state index in [0.29, 0.717) is 12.8 Å². The SMILES string of the molecule is C[C@@H]1CCCCCCC(=O)[C@H](C)[C@@H](O)CCOC1=O. The highest BCUT2D eigenvalue weighted by Crippen LogP contribution is 2.17. The first-order chi connectivity index (χ1) is 9.02. The van der Waals surface area contributed by atoms with Crippen LogP contribution in [0.15, 0.2) is 0 Å². The number of carbonyl (C=O) groups is 2. The molecule has 110 valence electrons. The van der Waals surface area contributed by atoms with Crippen molar-refractivity contribution in [3.63, 3.8) is 0 Å².